The van der Waals surface area contributed by atoms with E-state index in [1.165, 1.54) is 12.7 Å². The number of ether oxygens (including phenoxy) is 2. The first kappa shape index (κ1) is 11.7. The Morgan fingerprint density at radius 3 is 2.76 bits per heavy atom. The number of benzene rings is 1. The molecule has 1 aliphatic heterocycles. The zero-order valence-corrected chi connectivity index (χ0v) is 9.89. The van der Waals surface area contributed by atoms with Crippen molar-refractivity contribution in [3.05, 3.63) is 47.7 Å². The minimum atomic E-state index is -0.350. The van der Waals surface area contributed by atoms with Crippen LogP contribution in [0.15, 0.2) is 42.2 Å². The molecule has 2 rings (SSSR count). The molecule has 0 radical (unpaired) electrons. The van der Waals surface area contributed by atoms with Crippen molar-refractivity contribution in [3.63, 3.8) is 0 Å². The summed E-state index contributed by atoms with van der Waals surface area (Å²) >= 11 is 0. The van der Waals surface area contributed by atoms with Crippen molar-refractivity contribution in [2.45, 2.75) is 25.4 Å². The molecule has 1 heterocycles. The van der Waals surface area contributed by atoms with Crippen molar-refractivity contribution in [1.82, 2.24) is 0 Å². The molecule has 0 spiro atoms. The summed E-state index contributed by atoms with van der Waals surface area (Å²) in [6.07, 6.45) is 4.29. The van der Waals surface area contributed by atoms with Crippen molar-refractivity contribution in [2.75, 3.05) is 7.11 Å². The van der Waals surface area contributed by atoms with E-state index in [0.29, 0.717) is 5.76 Å². The zero-order chi connectivity index (χ0) is 12.1. The quantitative estimate of drug-likeness (QED) is 0.748. The van der Waals surface area contributed by atoms with Gasteiger partial charge in [-0.15, -0.1) is 0 Å². The van der Waals surface area contributed by atoms with Crippen LogP contribution in [-0.4, -0.2) is 19.2 Å². The molecule has 1 aromatic rings. The number of esters is 1. The Hall–Kier alpha value is -1.77. The van der Waals surface area contributed by atoms with Crippen LogP contribution in [0.1, 0.15) is 18.4 Å². The van der Waals surface area contributed by atoms with Gasteiger partial charge in [0.25, 0.3) is 0 Å². The van der Waals surface area contributed by atoms with Crippen LogP contribution < -0.4 is 0 Å². The lowest BCUT2D eigenvalue weighted by atomic mass is 10.0. The molecular formula is C14H16O3. The van der Waals surface area contributed by atoms with E-state index in [9.17, 15) is 4.79 Å². The van der Waals surface area contributed by atoms with E-state index in [-0.39, 0.29) is 12.1 Å². The van der Waals surface area contributed by atoms with Crippen LogP contribution in [0.3, 0.4) is 0 Å². The van der Waals surface area contributed by atoms with Gasteiger partial charge in [0, 0.05) is 6.42 Å². The van der Waals surface area contributed by atoms with Crippen molar-refractivity contribution < 1.29 is 14.3 Å². The van der Waals surface area contributed by atoms with Crippen LogP contribution in [0.4, 0.5) is 0 Å². The third-order valence-corrected chi connectivity index (χ3v) is 2.86. The van der Waals surface area contributed by atoms with E-state index in [1.807, 2.05) is 24.3 Å². The van der Waals surface area contributed by atoms with Crippen molar-refractivity contribution >= 4 is 5.97 Å². The fraction of sp³-hybridized carbons (Fsp3) is 0.357. The fourth-order valence-corrected chi connectivity index (χ4v) is 1.90. The maximum absolute atomic E-state index is 11.4. The van der Waals surface area contributed by atoms with Crippen LogP contribution in [0.5, 0.6) is 0 Å². The monoisotopic (exact) mass is 232 g/mol. The lowest BCUT2D eigenvalue weighted by Gasteiger charge is -2.21. The molecule has 0 saturated carbocycles. The summed E-state index contributed by atoms with van der Waals surface area (Å²) in [5, 5.41) is 0. The van der Waals surface area contributed by atoms with E-state index < -0.39 is 0 Å². The highest BCUT2D eigenvalue weighted by molar-refractivity contribution is 5.87. The molecule has 0 N–H and O–H groups in total. The zero-order valence-electron chi connectivity index (χ0n) is 9.89. The summed E-state index contributed by atoms with van der Waals surface area (Å²) < 4.78 is 10.2. The molecule has 1 aliphatic rings. The Labute approximate surface area is 101 Å². The molecule has 0 fully saturated rings. The number of methoxy groups -OCH3 is 1. The second kappa shape index (κ2) is 5.53. The third-order valence-electron chi connectivity index (χ3n) is 2.86. The standard InChI is InChI=1S/C14H16O3/c1-16-13-10-9-12(17-14(13)15)8-7-11-5-3-2-4-6-11/h2-6,10,12H,7-9H2,1H3. The number of aryl methyl sites for hydroxylation is 1. The Morgan fingerprint density at radius 1 is 1.35 bits per heavy atom. The highest BCUT2D eigenvalue weighted by atomic mass is 16.6. The average molecular weight is 232 g/mol. The second-order valence-electron chi connectivity index (χ2n) is 4.06. The van der Waals surface area contributed by atoms with Crippen LogP contribution in [0.2, 0.25) is 0 Å². The summed E-state index contributed by atoms with van der Waals surface area (Å²) in [4.78, 5) is 11.4. The van der Waals surface area contributed by atoms with Gasteiger partial charge in [0.05, 0.1) is 7.11 Å². The van der Waals surface area contributed by atoms with Gasteiger partial charge in [-0.2, -0.15) is 0 Å². The van der Waals surface area contributed by atoms with Gasteiger partial charge >= 0.3 is 5.97 Å². The summed E-state index contributed by atoms with van der Waals surface area (Å²) in [5.74, 6) is -0.0298. The SMILES string of the molecule is COC1=CCC(CCc2ccccc2)OC1=O. The van der Waals surface area contributed by atoms with E-state index in [0.717, 1.165) is 19.3 Å². The predicted octanol–water partition coefficient (Wildman–Crippen LogP) is 2.47. The van der Waals surface area contributed by atoms with Crippen LogP contribution in [-0.2, 0) is 20.7 Å². The topological polar surface area (TPSA) is 35.5 Å². The largest absolute Gasteiger partial charge is 0.490 e. The smallest absolute Gasteiger partial charge is 0.373 e. The van der Waals surface area contributed by atoms with E-state index in [2.05, 4.69) is 12.1 Å². The average Bonchev–Trinajstić information content (AvgIpc) is 2.38. The number of hydrogen-bond donors (Lipinski definition) is 0. The second-order valence-corrected chi connectivity index (χ2v) is 4.06. The highest BCUT2D eigenvalue weighted by Gasteiger charge is 2.23. The van der Waals surface area contributed by atoms with E-state index in [1.54, 1.807) is 0 Å². The minimum absolute atomic E-state index is 0.0263. The van der Waals surface area contributed by atoms with Crippen molar-refractivity contribution in [3.8, 4) is 0 Å². The molecule has 1 atom stereocenters. The maximum Gasteiger partial charge on any atom is 0.373 e. The number of carbonyl (C=O) groups excluding carboxylic acids is 1. The molecule has 3 heteroatoms. The molecule has 0 saturated heterocycles. The maximum atomic E-state index is 11.4. The molecule has 0 amide bonds. The number of carbonyl (C=O) groups is 1. The van der Waals surface area contributed by atoms with E-state index >= 15 is 0 Å². The molecular weight excluding hydrogens is 216 g/mol. The molecule has 1 unspecified atom stereocenters. The number of hydrogen-bond acceptors (Lipinski definition) is 3. The Kier molecular flexibility index (Phi) is 3.81. The predicted molar refractivity (Wildman–Crippen MR) is 64.4 cm³/mol. The normalized spacial score (nSPS) is 19.5. The first-order chi connectivity index (χ1) is 8.29. The molecule has 0 bridgehead atoms. The van der Waals surface area contributed by atoms with Crippen molar-refractivity contribution in [2.24, 2.45) is 0 Å². The summed E-state index contributed by atoms with van der Waals surface area (Å²) in [7, 11) is 1.48. The molecule has 90 valence electrons. The number of cyclic esters (lactones) is 1. The summed E-state index contributed by atoms with van der Waals surface area (Å²) in [5.41, 5.74) is 1.27. The Balaban J connectivity index is 1.86. The van der Waals surface area contributed by atoms with Gasteiger partial charge in [-0.25, -0.2) is 4.79 Å². The van der Waals surface area contributed by atoms with Gasteiger partial charge in [-0.3, -0.25) is 0 Å². The number of rotatable bonds is 4. The van der Waals surface area contributed by atoms with Gasteiger partial charge in [-0.1, -0.05) is 30.3 Å². The molecule has 3 nitrogen and oxygen atoms in total. The molecule has 1 aromatic carbocycles. The molecule has 0 aliphatic carbocycles. The van der Waals surface area contributed by atoms with Gasteiger partial charge in [0.1, 0.15) is 6.10 Å². The summed E-state index contributed by atoms with van der Waals surface area (Å²) in [6, 6.07) is 10.2. The molecule has 17 heavy (non-hydrogen) atoms. The van der Waals surface area contributed by atoms with Crippen LogP contribution in [0, 0.1) is 0 Å². The van der Waals surface area contributed by atoms with Crippen LogP contribution in [0.25, 0.3) is 0 Å². The summed E-state index contributed by atoms with van der Waals surface area (Å²) in [6.45, 7) is 0. The Morgan fingerprint density at radius 2 is 2.12 bits per heavy atom. The fourth-order valence-electron chi connectivity index (χ4n) is 1.90. The van der Waals surface area contributed by atoms with E-state index in [4.69, 9.17) is 9.47 Å². The lowest BCUT2D eigenvalue weighted by molar-refractivity contribution is -0.149. The first-order valence-electron chi connectivity index (χ1n) is 5.78. The van der Waals surface area contributed by atoms with Gasteiger partial charge < -0.3 is 9.47 Å². The highest BCUT2D eigenvalue weighted by Crippen LogP contribution is 2.18. The lowest BCUT2D eigenvalue weighted by Crippen LogP contribution is -2.24. The third kappa shape index (κ3) is 3.09. The van der Waals surface area contributed by atoms with Crippen LogP contribution >= 0.6 is 0 Å². The van der Waals surface area contributed by atoms with Gasteiger partial charge in [0.2, 0.25) is 0 Å². The van der Waals surface area contributed by atoms with Crippen molar-refractivity contribution in [1.29, 1.82) is 0 Å². The minimum Gasteiger partial charge on any atom is -0.490 e. The first-order valence-corrected chi connectivity index (χ1v) is 5.78. The Bertz CT molecular complexity index is 409. The molecule has 0 aromatic heterocycles. The van der Waals surface area contributed by atoms with Gasteiger partial charge in [-0.05, 0) is 24.5 Å². The van der Waals surface area contributed by atoms with Gasteiger partial charge in [0.15, 0.2) is 5.76 Å².